The molecule has 6 nitrogen and oxygen atoms in total. The summed E-state index contributed by atoms with van der Waals surface area (Å²) in [6.07, 6.45) is 0. The van der Waals surface area contributed by atoms with Crippen molar-refractivity contribution in [2.45, 2.75) is 26.7 Å². The summed E-state index contributed by atoms with van der Waals surface area (Å²) in [4.78, 5) is 26.4. The monoisotopic (exact) mass is 433 g/mol. The first kappa shape index (κ1) is 21.7. The van der Waals surface area contributed by atoms with Crippen LogP contribution in [0, 0.1) is 12.7 Å². The summed E-state index contributed by atoms with van der Waals surface area (Å²) in [5, 5.41) is 2.78. The molecule has 32 heavy (non-hydrogen) atoms. The molecule has 2 aromatic carbocycles. The molecule has 0 atom stereocenters. The van der Waals surface area contributed by atoms with Gasteiger partial charge in [0.1, 0.15) is 11.6 Å². The minimum atomic E-state index is -0.373. The molecule has 1 saturated heterocycles. The Balaban J connectivity index is 1.52. The second-order valence-corrected chi connectivity index (χ2v) is 8.31. The van der Waals surface area contributed by atoms with E-state index in [0.717, 1.165) is 22.6 Å². The Morgan fingerprint density at radius 2 is 1.72 bits per heavy atom. The van der Waals surface area contributed by atoms with Crippen LogP contribution in [0.15, 0.2) is 54.6 Å². The highest BCUT2D eigenvalue weighted by molar-refractivity contribution is 5.89. The lowest BCUT2D eigenvalue weighted by Gasteiger charge is -2.37. The fraction of sp³-hybridized carbons (Fsp3) is 0.320. The molecular formula is C25H28FN5O. The number of urea groups is 1. The first-order valence-electron chi connectivity index (χ1n) is 10.9. The van der Waals surface area contributed by atoms with E-state index in [9.17, 15) is 9.18 Å². The molecule has 1 aliphatic heterocycles. The highest BCUT2D eigenvalue weighted by Gasteiger charge is 2.26. The lowest BCUT2D eigenvalue weighted by molar-refractivity contribution is 0.208. The number of nitrogens with zero attached hydrogens (tertiary/aromatic N) is 4. The van der Waals surface area contributed by atoms with Gasteiger partial charge >= 0.3 is 6.03 Å². The first-order chi connectivity index (χ1) is 15.4. The van der Waals surface area contributed by atoms with E-state index in [1.807, 2.05) is 37.3 Å². The lowest BCUT2D eigenvalue weighted by Crippen LogP contribution is -2.50. The van der Waals surface area contributed by atoms with Crippen LogP contribution in [-0.4, -0.2) is 47.1 Å². The van der Waals surface area contributed by atoms with Gasteiger partial charge in [-0.3, -0.25) is 0 Å². The summed E-state index contributed by atoms with van der Waals surface area (Å²) < 4.78 is 13.4. The lowest BCUT2D eigenvalue weighted by atomic mass is 10.0. The van der Waals surface area contributed by atoms with Gasteiger partial charge in [0.25, 0.3) is 0 Å². The largest absolute Gasteiger partial charge is 0.353 e. The van der Waals surface area contributed by atoms with E-state index in [2.05, 4.69) is 24.1 Å². The molecule has 0 radical (unpaired) electrons. The number of halogens is 1. The molecule has 4 rings (SSSR count). The molecule has 7 heteroatoms. The third-order valence-electron chi connectivity index (χ3n) is 5.67. The Morgan fingerprint density at radius 1 is 1.00 bits per heavy atom. The van der Waals surface area contributed by atoms with Crippen LogP contribution in [0.5, 0.6) is 0 Å². The molecule has 0 unspecified atom stereocenters. The molecule has 3 aromatic rings. The van der Waals surface area contributed by atoms with Crippen molar-refractivity contribution in [2.75, 3.05) is 36.4 Å². The van der Waals surface area contributed by atoms with E-state index in [-0.39, 0.29) is 17.8 Å². The maximum Gasteiger partial charge on any atom is 0.321 e. The van der Waals surface area contributed by atoms with Crippen LogP contribution in [0.2, 0.25) is 0 Å². The van der Waals surface area contributed by atoms with Gasteiger partial charge in [0.2, 0.25) is 0 Å². The fourth-order valence-corrected chi connectivity index (χ4v) is 4.09. The number of carbonyl (C=O) groups is 1. The van der Waals surface area contributed by atoms with Crippen molar-refractivity contribution in [3.63, 3.8) is 0 Å². The summed E-state index contributed by atoms with van der Waals surface area (Å²) in [5.41, 5.74) is 3.57. The highest BCUT2D eigenvalue weighted by Crippen LogP contribution is 2.31. The minimum Gasteiger partial charge on any atom is -0.353 e. The number of anilines is 2. The van der Waals surface area contributed by atoms with E-state index in [1.165, 1.54) is 12.1 Å². The summed E-state index contributed by atoms with van der Waals surface area (Å²) in [6, 6.07) is 15.7. The molecule has 2 amide bonds. The number of benzene rings is 2. The van der Waals surface area contributed by atoms with Crippen molar-refractivity contribution in [3.05, 3.63) is 71.7 Å². The highest BCUT2D eigenvalue weighted by atomic mass is 19.1. The van der Waals surface area contributed by atoms with Gasteiger partial charge in [0.15, 0.2) is 5.82 Å². The Hall–Kier alpha value is -3.48. The van der Waals surface area contributed by atoms with Gasteiger partial charge in [-0.1, -0.05) is 50.2 Å². The normalized spacial score (nSPS) is 14.0. The fourth-order valence-electron chi connectivity index (χ4n) is 4.09. The van der Waals surface area contributed by atoms with E-state index in [0.29, 0.717) is 37.7 Å². The van der Waals surface area contributed by atoms with Crippen LogP contribution < -0.4 is 10.2 Å². The van der Waals surface area contributed by atoms with Crippen LogP contribution in [0.3, 0.4) is 0 Å². The number of piperazine rings is 1. The zero-order valence-electron chi connectivity index (χ0n) is 18.7. The third kappa shape index (κ3) is 4.72. The van der Waals surface area contributed by atoms with Gasteiger partial charge in [-0.2, -0.15) is 0 Å². The zero-order chi connectivity index (χ0) is 22.7. The van der Waals surface area contributed by atoms with E-state index in [4.69, 9.17) is 9.97 Å². The smallest absolute Gasteiger partial charge is 0.321 e. The molecule has 2 heterocycles. The Morgan fingerprint density at radius 3 is 2.38 bits per heavy atom. The van der Waals surface area contributed by atoms with Crippen molar-refractivity contribution in [2.24, 2.45) is 0 Å². The molecule has 0 aliphatic carbocycles. The van der Waals surface area contributed by atoms with Crippen molar-refractivity contribution in [1.29, 1.82) is 0 Å². The summed E-state index contributed by atoms with van der Waals surface area (Å²) >= 11 is 0. The van der Waals surface area contributed by atoms with Gasteiger partial charge in [-0.25, -0.2) is 19.2 Å². The first-order valence-corrected chi connectivity index (χ1v) is 10.9. The van der Waals surface area contributed by atoms with Gasteiger partial charge in [0.05, 0.1) is 0 Å². The van der Waals surface area contributed by atoms with Crippen LogP contribution in [0.25, 0.3) is 11.4 Å². The maximum atomic E-state index is 13.4. The van der Waals surface area contributed by atoms with E-state index < -0.39 is 0 Å². The summed E-state index contributed by atoms with van der Waals surface area (Å²) in [5.74, 6) is 1.57. The Bertz CT molecular complexity index is 1090. The number of aromatic nitrogens is 2. The molecule has 0 bridgehead atoms. The van der Waals surface area contributed by atoms with E-state index in [1.54, 1.807) is 17.0 Å². The SMILES string of the molecule is Cc1nc(-c2ccccc2)nc(N2CCN(C(=O)Nc3cccc(F)c3)CC2)c1C(C)C. The molecule has 1 fully saturated rings. The third-order valence-corrected chi connectivity index (χ3v) is 5.67. The second-order valence-electron chi connectivity index (χ2n) is 8.31. The number of nitrogens with one attached hydrogen (secondary N) is 1. The molecule has 1 N–H and O–H groups in total. The van der Waals surface area contributed by atoms with Crippen molar-refractivity contribution in [3.8, 4) is 11.4 Å². The standard InChI is InChI=1S/C25H28FN5O/c1-17(2)22-18(3)27-23(19-8-5-4-6-9-19)29-24(22)30-12-14-31(15-13-30)25(32)28-21-11-7-10-20(26)16-21/h4-11,16-17H,12-15H2,1-3H3,(H,28,32). The van der Waals surface area contributed by atoms with Crippen LogP contribution in [-0.2, 0) is 0 Å². The predicted octanol–water partition coefficient (Wildman–Crippen LogP) is 5.07. The number of amides is 2. The van der Waals surface area contributed by atoms with Gasteiger partial charge in [-0.05, 0) is 31.0 Å². The molecular weight excluding hydrogens is 405 g/mol. The van der Waals surface area contributed by atoms with Crippen molar-refractivity contribution < 1.29 is 9.18 Å². The maximum absolute atomic E-state index is 13.4. The Labute approximate surface area is 188 Å². The van der Waals surface area contributed by atoms with E-state index >= 15 is 0 Å². The summed E-state index contributed by atoms with van der Waals surface area (Å²) in [7, 11) is 0. The number of hydrogen-bond donors (Lipinski definition) is 1. The number of carbonyl (C=O) groups excluding carboxylic acids is 1. The Kier molecular flexibility index (Phi) is 6.35. The van der Waals surface area contributed by atoms with Gasteiger partial charge in [0, 0.05) is 48.7 Å². The molecule has 0 saturated carbocycles. The molecule has 166 valence electrons. The van der Waals surface area contributed by atoms with Crippen LogP contribution in [0.1, 0.15) is 31.0 Å². The second kappa shape index (κ2) is 9.34. The van der Waals surface area contributed by atoms with Crippen LogP contribution >= 0.6 is 0 Å². The summed E-state index contributed by atoms with van der Waals surface area (Å²) in [6.45, 7) is 8.79. The molecule has 1 aliphatic rings. The number of hydrogen-bond acceptors (Lipinski definition) is 4. The predicted molar refractivity (Wildman–Crippen MR) is 125 cm³/mol. The van der Waals surface area contributed by atoms with Gasteiger partial charge in [-0.15, -0.1) is 0 Å². The van der Waals surface area contributed by atoms with Crippen LogP contribution in [0.4, 0.5) is 20.7 Å². The zero-order valence-corrected chi connectivity index (χ0v) is 18.7. The van der Waals surface area contributed by atoms with Crippen molar-refractivity contribution >= 4 is 17.5 Å². The molecule has 0 spiro atoms. The molecule has 1 aromatic heterocycles. The average Bonchev–Trinajstić information content (AvgIpc) is 2.79. The number of aryl methyl sites for hydroxylation is 1. The van der Waals surface area contributed by atoms with Crippen molar-refractivity contribution in [1.82, 2.24) is 14.9 Å². The number of rotatable bonds is 4. The quantitative estimate of drug-likeness (QED) is 0.624. The van der Waals surface area contributed by atoms with Gasteiger partial charge < -0.3 is 15.1 Å². The minimum absolute atomic E-state index is 0.219. The average molecular weight is 434 g/mol. The topological polar surface area (TPSA) is 61.4 Å².